The number of hydrogen-bond donors (Lipinski definition) is 2. The predicted octanol–water partition coefficient (Wildman–Crippen LogP) is 1.32. The Labute approximate surface area is 169 Å². The van der Waals surface area contributed by atoms with Gasteiger partial charge in [-0.25, -0.2) is 0 Å². The number of likely N-dealkylation sites (N-methyl/N-ethyl adjacent to an activating group) is 1. The lowest BCUT2D eigenvalue weighted by Gasteiger charge is -2.21. The van der Waals surface area contributed by atoms with E-state index >= 15 is 0 Å². The molecule has 0 saturated carbocycles. The molecule has 0 bridgehead atoms. The standard InChI is InChI=1S/C19H29F2N5O3/c1-22-19(23-4-7-26-6-3-5-25(2)8-9-26)24-12-14-10-16-17(28-13-27-16)11-15(14)29-18(20)21/h10-11,18H,3-9,12-13H2,1-2H3,(H2,22,23,24). The summed E-state index contributed by atoms with van der Waals surface area (Å²) in [6.45, 7) is 3.40. The number of alkyl halides is 2. The monoisotopic (exact) mass is 413 g/mol. The van der Waals surface area contributed by atoms with Crippen LogP contribution >= 0.6 is 0 Å². The summed E-state index contributed by atoms with van der Waals surface area (Å²) in [6, 6.07) is 3.08. The van der Waals surface area contributed by atoms with Crippen LogP contribution in [0.4, 0.5) is 8.78 Å². The van der Waals surface area contributed by atoms with Crippen molar-refractivity contribution in [3.63, 3.8) is 0 Å². The van der Waals surface area contributed by atoms with Gasteiger partial charge in [0.15, 0.2) is 17.5 Å². The second-order valence-electron chi connectivity index (χ2n) is 7.04. The molecule has 0 amide bonds. The predicted molar refractivity (Wildman–Crippen MR) is 106 cm³/mol. The second kappa shape index (κ2) is 10.4. The summed E-state index contributed by atoms with van der Waals surface area (Å²) >= 11 is 0. The van der Waals surface area contributed by atoms with Crippen molar-refractivity contribution in [3.8, 4) is 17.2 Å². The van der Waals surface area contributed by atoms with Gasteiger partial charge in [0.2, 0.25) is 6.79 Å². The molecule has 2 heterocycles. The molecule has 0 spiro atoms. The summed E-state index contributed by atoms with van der Waals surface area (Å²) in [6.07, 6.45) is 1.17. The van der Waals surface area contributed by atoms with E-state index in [1.165, 1.54) is 12.5 Å². The topological polar surface area (TPSA) is 70.6 Å². The number of hydrogen-bond acceptors (Lipinski definition) is 6. The van der Waals surface area contributed by atoms with E-state index in [9.17, 15) is 8.78 Å². The van der Waals surface area contributed by atoms with E-state index in [1.54, 1.807) is 13.1 Å². The van der Waals surface area contributed by atoms with Gasteiger partial charge in [0.25, 0.3) is 0 Å². The molecule has 1 saturated heterocycles. The fraction of sp³-hybridized carbons (Fsp3) is 0.632. The van der Waals surface area contributed by atoms with Crippen LogP contribution < -0.4 is 24.8 Å². The summed E-state index contributed by atoms with van der Waals surface area (Å²) in [5.41, 5.74) is 0.535. The Morgan fingerprint density at radius 2 is 1.97 bits per heavy atom. The first-order chi connectivity index (χ1) is 14.0. The van der Waals surface area contributed by atoms with Gasteiger partial charge in [0.05, 0.1) is 0 Å². The van der Waals surface area contributed by atoms with E-state index in [-0.39, 0.29) is 19.1 Å². The van der Waals surface area contributed by atoms with Gasteiger partial charge < -0.3 is 34.6 Å². The number of aliphatic imine (C=N–C) groups is 1. The first-order valence-electron chi connectivity index (χ1n) is 9.78. The van der Waals surface area contributed by atoms with Crippen molar-refractivity contribution in [3.05, 3.63) is 17.7 Å². The molecule has 8 nitrogen and oxygen atoms in total. The van der Waals surface area contributed by atoms with E-state index in [0.29, 0.717) is 23.0 Å². The molecule has 3 rings (SSSR count). The Morgan fingerprint density at radius 3 is 2.72 bits per heavy atom. The zero-order valence-electron chi connectivity index (χ0n) is 16.9. The first kappa shape index (κ1) is 21.4. The van der Waals surface area contributed by atoms with Gasteiger partial charge in [-0.3, -0.25) is 4.99 Å². The van der Waals surface area contributed by atoms with Gasteiger partial charge in [-0.05, 0) is 32.6 Å². The molecule has 2 aliphatic rings. The molecule has 29 heavy (non-hydrogen) atoms. The number of guanidine groups is 1. The zero-order valence-corrected chi connectivity index (χ0v) is 16.9. The maximum Gasteiger partial charge on any atom is 0.387 e. The molecule has 162 valence electrons. The SMILES string of the molecule is CN=C(NCCN1CCCN(C)CC1)NCc1cc2c(cc1OC(F)F)OCO2. The van der Waals surface area contributed by atoms with Crippen molar-refractivity contribution in [2.75, 3.05) is 60.2 Å². The fourth-order valence-corrected chi connectivity index (χ4v) is 3.36. The van der Waals surface area contributed by atoms with Gasteiger partial charge in [0, 0.05) is 51.4 Å². The maximum absolute atomic E-state index is 12.8. The molecule has 0 radical (unpaired) electrons. The number of nitrogens with zero attached hydrogens (tertiary/aromatic N) is 3. The van der Waals surface area contributed by atoms with Crippen molar-refractivity contribution >= 4 is 5.96 Å². The number of benzene rings is 1. The van der Waals surface area contributed by atoms with Crippen molar-refractivity contribution in [2.45, 2.75) is 19.6 Å². The normalized spacial score (nSPS) is 18.0. The van der Waals surface area contributed by atoms with E-state index in [2.05, 4.69) is 37.2 Å². The molecule has 2 aliphatic heterocycles. The van der Waals surface area contributed by atoms with Crippen LogP contribution in [0.1, 0.15) is 12.0 Å². The Hall–Kier alpha value is -2.33. The summed E-state index contributed by atoms with van der Waals surface area (Å²) in [7, 11) is 3.82. The number of rotatable bonds is 7. The molecule has 2 N–H and O–H groups in total. The second-order valence-corrected chi connectivity index (χ2v) is 7.04. The number of fused-ring (bicyclic) bond motifs is 1. The molecule has 1 fully saturated rings. The van der Waals surface area contributed by atoms with Crippen molar-refractivity contribution in [1.29, 1.82) is 0 Å². The van der Waals surface area contributed by atoms with E-state index < -0.39 is 6.61 Å². The molecular formula is C19H29F2N5O3. The number of halogens is 2. The van der Waals surface area contributed by atoms with E-state index in [0.717, 1.165) is 39.3 Å². The molecule has 0 unspecified atom stereocenters. The van der Waals surface area contributed by atoms with Gasteiger partial charge in [-0.2, -0.15) is 8.78 Å². The highest BCUT2D eigenvalue weighted by atomic mass is 19.3. The van der Waals surface area contributed by atoms with Gasteiger partial charge in [-0.1, -0.05) is 0 Å². The lowest BCUT2D eigenvalue weighted by molar-refractivity contribution is -0.0505. The smallest absolute Gasteiger partial charge is 0.387 e. The maximum atomic E-state index is 12.8. The highest BCUT2D eigenvalue weighted by Crippen LogP contribution is 2.38. The van der Waals surface area contributed by atoms with Crippen LogP contribution in [0.25, 0.3) is 0 Å². The molecular weight excluding hydrogens is 384 g/mol. The third-order valence-corrected chi connectivity index (χ3v) is 4.97. The molecule has 10 heteroatoms. The van der Waals surface area contributed by atoms with Gasteiger partial charge in [0.1, 0.15) is 5.75 Å². The average molecular weight is 413 g/mol. The van der Waals surface area contributed by atoms with Crippen LogP contribution in [0.5, 0.6) is 17.2 Å². The minimum absolute atomic E-state index is 0.0564. The third-order valence-electron chi connectivity index (χ3n) is 4.97. The fourth-order valence-electron chi connectivity index (χ4n) is 3.36. The van der Waals surface area contributed by atoms with E-state index in [4.69, 9.17) is 9.47 Å². The summed E-state index contributed by atoms with van der Waals surface area (Å²) < 4.78 is 40.7. The minimum atomic E-state index is -2.92. The summed E-state index contributed by atoms with van der Waals surface area (Å²) in [5.74, 6) is 1.56. The van der Waals surface area contributed by atoms with Crippen LogP contribution in [0, 0.1) is 0 Å². The van der Waals surface area contributed by atoms with Crippen LogP contribution in [-0.2, 0) is 6.54 Å². The molecule has 0 aliphatic carbocycles. The van der Waals surface area contributed by atoms with E-state index in [1.807, 2.05) is 0 Å². The third kappa shape index (κ3) is 6.33. The van der Waals surface area contributed by atoms with Crippen molar-refractivity contribution < 1.29 is 23.0 Å². The quantitative estimate of drug-likeness (QED) is 0.516. The minimum Gasteiger partial charge on any atom is -0.454 e. The summed E-state index contributed by atoms with van der Waals surface area (Å²) in [4.78, 5) is 8.97. The van der Waals surface area contributed by atoms with Crippen LogP contribution in [0.15, 0.2) is 17.1 Å². The molecule has 1 aromatic rings. The Morgan fingerprint density at radius 1 is 1.17 bits per heavy atom. The molecule has 0 aromatic heterocycles. The lowest BCUT2D eigenvalue weighted by atomic mass is 10.1. The van der Waals surface area contributed by atoms with Crippen LogP contribution in [0.2, 0.25) is 0 Å². The lowest BCUT2D eigenvalue weighted by Crippen LogP contribution is -2.42. The van der Waals surface area contributed by atoms with Gasteiger partial charge in [-0.15, -0.1) is 0 Å². The van der Waals surface area contributed by atoms with Crippen LogP contribution in [-0.4, -0.2) is 82.5 Å². The first-order valence-corrected chi connectivity index (χ1v) is 9.78. The number of nitrogens with one attached hydrogen (secondary N) is 2. The highest BCUT2D eigenvalue weighted by Gasteiger charge is 2.20. The number of ether oxygens (including phenoxy) is 3. The van der Waals surface area contributed by atoms with Crippen molar-refractivity contribution in [1.82, 2.24) is 20.4 Å². The average Bonchev–Trinajstić information content (AvgIpc) is 3.04. The zero-order chi connectivity index (χ0) is 20.6. The molecule has 0 atom stereocenters. The Balaban J connectivity index is 1.51. The van der Waals surface area contributed by atoms with Gasteiger partial charge >= 0.3 is 6.61 Å². The van der Waals surface area contributed by atoms with Crippen molar-refractivity contribution in [2.24, 2.45) is 4.99 Å². The van der Waals surface area contributed by atoms with Crippen LogP contribution in [0.3, 0.4) is 0 Å². The largest absolute Gasteiger partial charge is 0.454 e. The Bertz CT molecular complexity index is 705. The Kier molecular flexibility index (Phi) is 7.70. The summed E-state index contributed by atoms with van der Waals surface area (Å²) in [5, 5.41) is 6.41. The highest BCUT2D eigenvalue weighted by molar-refractivity contribution is 5.79. The molecule has 1 aromatic carbocycles.